The van der Waals surface area contributed by atoms with Crippen LogP contribution in [0.5, 0.6) is 0 Å². The molecule has 0 saturated carbocycles. The standard InChI is InChI=1S/C8H11N.C2H7N/c1-2-3-8-4-6-9-7-5-8;1-3-2/h4-7H,2-3H2,1H3;3H,1-2H3. The fourth-order valence-electron chi connectivity index (χ4n) is 0.838. The van der Waals surface area contributed by atoms with E-state index >= 15 is 0 Å². The molecule has 12 heavy (non-hydrogen) atoms. The third-order valence-corrected chi connectivity index (χ3v) is 1.29. The number of aromatic nitrogens is 1. The highest BCUT2D eigenvalue weighted by molar-refractivity contribution is 5.09. The van der Waals surface area contributed by atoms with Crippen molar-refractivity contribution in [1.82, 2.24) is 10.3 Å². The lowest BCUT2D eigenvalue weighted by Crippen LogP contribution is -1.89. The molecule has 0 bridgehead atoms. The van der Waals surface area contributed by atoms with Crippen molar-refractivity contribution in [3.8, 4) is 0 Å². The third kappa shape index (κ3) is 5.86. The number of aryl methyl sites for hydroxylation is 1. The molecular weight excluding hydrogens is 148 g/mol. The van der Waals surface area contributed by atoms with Gasteiger partial charge in [0.05, 0.1) is 0 Å². The van der Waals surface area contributed by atoms with Crippen molar-refractivity contribution < 1.29 is 0 Å². The van der Waals surface area contributed by atoms with Crippen molar-refractivity contribution in [2.24, 2.45) is 0 Å². The van der Waals surface area contributed by atoms with Crippen LogP contribution in [-0.2, 0) is 6.42 Å². The lowest BCUT2D eigenvalue weighted by Gasteiger charge is -1.93. The lowest BCUT2D eigenvalue weighted by molar-refractivity contribution is 0.918. The van der Waals surface area contributed by atoms with Crippen LogP contribution in [-0.4, -0.2) is 19.1 Å². The summed E-state index contributed by atoms with van der Waals surface area (Å²) in [5.74, 6) is 0. The van der Waals surface area contributed by atoms with Crippen LogP contribution >= 0.6 is 0 Å². The zero-order valence-electron chi connectivity index (χ0n) is 8.17. The molecule has 0 unspecified atom stereocenters. The van der Waals surface area contributed by atoms with Gasteiger partial charge in [-0.2, -0.15) is 0 Å². The Kier molecular flexibility index (Phi) is 7.60. The van der Waals surface area contributed by atoms with Gasteiger partial charge in [-0.3, -0.25) is 4.98 Å². The second kappa shape index (κ2) is 8.21. The van der Waals surface area contributed by atoms with Crippen LogP contribution in [0.4, 0.5) is 0 Å². The fraction of sp³-hybridized carbons (Fsp3) is 0.500. The Morgan fingerprint density at radius 1 is 1.25 bits per heavy atom. The van der Waals surface area contributed by atoms with E-state index < -0.39 is 0 Å². The van der Waals surface area contributed by atoms with E-state index in [1.54, 1.807) is 0 Å². The van der Waals surface area contributed by atoms with Gasteiger partial charge in [-0.05, 0) is 38.2 Å². The van der Waals surface area contributed by atoms with Crippen molar-refractivity contribution in [3.63, 3.8) is 0 Å². The van der Waals surface area contributed by atoms with E-state index in [0.29, 0.717) is 0 Å². The number of nitrogens with zero attached hydrogens (tertiary/aromatic N) is 1. The molecule has 1 N–H and O–H groups in total. The van der Waals surface area contributed by atoms with E-state index in [1.165, 1.54) is 18.4 Å². The number of hydrogen-bond acceptors (Lipinski definition) is 2. The summed E-state index contributed by atoms with van der Waals surface area (Å²) in [5, 5.41) is 2.75. The summed E-state index contributed by atoms with van der Waals surface area (Å²) < 4.78 is 0. The predicted molar refractivity (Wildman–Crippen MR) is 53.2 cm³/mol. The first-order valence-electron chi connectivity index (χ1n) is 4.32. The highest BCUT2D eigenvalue weighted by Crippen LogP contribution is 1.98. The predicted octanol–water partition coefficient (Wildman–Crippen LogP) is 1.87. The average Bonchev–Trinajstić information content (AvgIpc) is 2.08. The molecule has 1 rings (SSSR count). The lowest BCUT2D eigenvalue weighted by atomic mass is 10.2. The molecule has 0 aliphatic rings. The first-order chi connectivity index (χ1) is 5.85. The van der Waals surface area contributed by atoms with Gasteiger partial charge in [0, 0.05) is 12.4 Å². The van der Waals surface area contributed by atoms with Crippen molar-refractivity contribution in [2.75, 3.05) is 14.1 Å². The molecule has 0 atom stereocenters. The van der Waals surface area contributed by atoms with Crippen LogP contribution in [0.15, 0.2) is 24.5 Å². The maximum absolute atomic E-state index is 3.93. The van der Waals surface area contributed by atoms with E-state index in [2.05, 4.69) is 29.4 Å². The second-order valence-corrected chi connectivity index (χ2v) is 2.61. The van der Waals surface area contributed by atoms with Gasteiger partial charge in [0.25, 0.3) is 0 Å². The van der Waals surface area contributed by atoms with Crippen LogP contribution in [0.1, 0.15) is 18.9 Å². The summed E-state index contributed by atoms with van der Waals surface area (Å²) >= 11 is 0. The summed E-state index contributed by atoms with van der Waals surface area (Å²) in [4.78, 5) is 3.93. The molecule has 0 aliphatic carbocycles. The van der Waals surface area contributed by atoms with E-state index in [1.807, 2.05) is 26.5 Å². The minimum atomic E-state index is 1.17. The first-order valence-corrected chi connectivity index (χ1v) is 4.32. The van der Waals surface area contributed by atoms with Crippen molar-refractivity contribution in [1.29, 1.82) is 0 Å². The molecule has 0 saturated heterocycles. The molecule has 1 aromatic heterocycles. The zero-order chi connectivity index (χ0) is 9.23. The van der Waals surface area contributed by atoms with E-state index in [-0.39, 0.29) is 0 Å². The Hall–Kier alpha value is -0.890. The highest BCUT2D eigenvalue weighted by Gasteiger charge is 1.85. The molecule has 0 aliphatic heterocycles. The van der Waals surface area contributed by atoms with E-state index in [9.17, 15) is 0 Å². The Labute approximate surface area is 75.0 Å². The number of rotatable bonds is 2. The zero-order valence-corrected chi connectivity index (χ0v) is 8.17. The molecule has 1 aromatic rings. The molecule has 0 radical (unpaired) electrons. The van der Waals surface area contributed by atoms with Crippen molar-refractivity contribution in [2.45, 2.75) is 19.8 Å². The fourth-order valence-corrected chi connectivity index (χ4v) is 0.838. The minimum Gasteiger partial charge on any atom is -0.323 e. The summed E-state index contributed by atoms with van der Waals surface area (Å²) in [7, 11) is 3.75. The second-order valence-electron chi connectivity index (χ2n) is 2.61. The van der Waals surface area contributed by atoms with E-state index in [0.717, 1.165) is 0 Å². The van der Waals surface area contributed by atoms with Crippen LogP contribution in [0.3, 0.4) is 0 Å². The van der Waals surface area contributed by atoms with Gasteiger partial charge in [-0.1, -0.05) is 13.3 Å². The Morgan fingerprint density at radius 3 is 2.17 bits per heavy atom. The number of nitrogens with one attached hydrogen (secondary N) is 1. The topological polar surface area (TPSA) is 24.9 Å². The maximum atomic E-state index is 3.93. The largest absolute Gasteiger partial charge is 0.323 e. The first kappa shape index (κ1) is 11.1. The van der Waals surface area contributed by atoms with Gasteiger partial charge in [0.2, 0.25) is 0 Å². The molecule has 2 nitrogen and oxygen atoms in total. The molecular formula is C10H18N2. The number of pyridine rings is 1. The van der Waals surface area contributed by atoms with Gasteiger partial charge < -0.3 is 5.32 Å². The quantitative estimate of drug-likeness (QED) is 0.725. The average molecular weight is 166 g/mol. The summed E-state index contributed by atoms with van der Waals surface area (Å²) in [5.41, 5.74) is 1.38. The summed E-state index contributed by atoms with van der Waals surface area (Å²) in [6.07, 6.45) is 6.06. The highest BCUT2D eigenvalue weighted by atomic mass is 14.7. The maximum Gasteiger partial charge on any atom is 0.0270 e. The minimum absolute atomic E-state index is 1.17. The SMILES string of the molecule is CCCc1ccncc1.CNC. The molecule has 2 heteroatoms. The summed E-state index contributed by atoms with van der Waals surface area (Å²) in [6.45, 7) is 2.18. The molecule has 0 amide bonds. The summed E-state index contributed by atoms with van der Waals surface area (Å²) in [6, 6.07) is 4.12. The van der Waals surface area contributed by atoms with Gasteiger partial charge in [-0.15, -0.1) is 0 Å². The van der Waals surface area contributed by atoms with Gasteiger partial charge in [0.15, 0.2) is 0 Å². The Bertz CT molecular complexity index is 172. The van der Waals surface area contributed by atoms with Gasteiger partial charge in [-0.25, -0.2) is 0 Å². The van der Waals surface area contributed by atoms with Crippen LogP contribution in [0, 0.1) is 0 Å². The van der Waals surface area contributed by atoms with Crippen molar-refractivity contribution >= 4 is 0 Å². The third-order valence-electron chi connectivity index (χ3n) is 1.29. The van der Waals surface area contributed by atoms with Crippen molar-refractivity contribution in [3.05, 3.63) is 30.1 Å². The van der Waals surface area contributed by atoms with Gasteiger partial charge in [0.1, 0.15) is 0 Å². The molecule has 1 heterocycles. The van der Waals surface area contributed by atoms with Crippen LogP contribution in [0.2, 0.25) is 0 Å². The smallest absolute Gasteiger partial charge is 0.0270 e. The van der Waals surface area contributed by atoms with Crippen LogP contribution < -0.4 is 5.32 Å². The Morgan fingerprint density at radius 2 is 1.75 bits per heavy atom. The van der Waals surface area contributed by atoms with E-state index in [4.69, 9.17) is 0 Å². The molecule has 0 spiro atoms. The molecule has 0 fully saturated rings. The molecule has 0 aromatic carbocycles. The van der Waals surface area contributed by atoms with Crippen LogP contribution in [0.25, 0.3) is 0 Å². The monoisotopic (exact) mass is 166 g/mol. The Balaban J connectivity index is 0.000000354. The van der Waals surface area contributed by atoms with Gasteiger partial charge >= 0.3 is 0 Å². The number of hydrogen-bond donors (Lipinski definition) is 1. The molecule has 68 valence electrons. The normalized spacial score (nSPS) is 8.58.